The van der Waals surface area contributed by atoms with Crippen LogP contribution in [0.5, 0.6) is 0 Å². The highest BCUT2D eigenvalue weighted by Gasteiger charge is 2.27. The minimum Gasteiger partial charge on any atom is -0.462 e. The number of unbranched alkanes of at least 4 members (excludes halogenated alkanes) is 20. The van der Waals surface area contributed by atoms with Crippen LogP contribution in [-0.2, 0) is 32.7 Å². The third kappa shape index (κ3) is 70.5. The van der Waals surface area contributed by atoms with Gasteiger partial charge in [0.15, 0.2) is 6.10 Å². The molecule has 1 N–H and O–H groups in total. The SMILES string of the molecule is CC/C=C\C/C=C\C/C=C\C/C=C\C/C=C\C/C=C\C/C=C\C/C=C\CCCCCCC(=O)OC(COC(=O)CCCCCCCCCCCCCCCCCC/C=C\C/C=C\C/C=C\C/C=C\C/C=C\C/C=C\CC)COP(=O)(O)OCC[N+](C)(C)C. The highest BCUT2D eigenvalue weighted by atomic mass is 31.2. The van der Waals surface area contributed by atoms with Crippen LogP contribution in [0.3, 0.4) is 0 Å². The Bertz CT molecular complexity index is 2090. The van der Waals surface area contributed by atoms with E-state index in [-0.39, 0.29) is 32.0 Å². The second kappa shape index (κ2) is 66.8. The van der Waals surface area contributed by atoms with E-state index >= 15 is 0 Å². The number of phosphoric ester groups is 1. The molecule has 0 aliphatic heterocycles. The summed E-state index contributed by atoms with van der Waals surface area (Å²) in [6, 6.07) is 0. The van der Waals surface area contributed by atoms with Crippen LogP contribution >= 0.6 is 7.82 Å². The van der Waals surface area contributed by atoms with E-state index in [1.807, 2.05) is 21.1 Å². The van der Waals surface area contributed by atoms with Gasteiger partial charge in [-0.2, -0.15) is 0 Å². The molecule has 0 amide bonds. The lowest BCUT2D eigenvalue weighted by Crippen LogP contribution is -2.37. The van der Waals surface area contributed by atoms with E-state index in [4.69, 9.17) is 18.5 Å². The third-order valence-electron chi connectivity index (χ3n) is 14.2. The van der Waals surface area contributed by atoms with Crippen LogP contribution in [0.1, 0.15) is 258 Å². The van der Waals surface area contributed by atoms with Crippen LogP contribution in [0.25, 0.3) is 0 Å². The van der Waals surface area contributed by atoms with Gasteiger partial charge in [0.1, 0.15) is 19.8 Å². The van der Waals surface area contributed by atoms with Crippen LogP contribution in [0.4, 0.5) is 0 Å². The fraction of sp³-hybridized carbons (Fsp3) is 0.615. The van der Waals surface area contributed by atoms with Gasteiger partial charge in [0.05, 0.1) is 27.7 Å². The lowest BCUT2D eigenvalue weighted by Gasteiger charge is -2.24. The molecule has 0 fully saturated rings. The lowest BCUT2D eigenvalue weighted by atomic mass is 10.0. The third-order valence-corrected chi connectivity index (χ3v) is 15.2. The number of quaternary nitrogens is 1. The first-order valence-electron chi connectivity index (χ1n) is 34.9. The van der Waals surface area contributed by atoms with Gasteiger partial charge in [0.2, 0.25) is 0 Å². The van der Waals surface area contributed by atoms with E-state index in [1.165, 1.54) is 89.9 Å². The van der Waals surface area contributed by atoms with Gasteiger partial charge in [-0.05, 0) is 128 Å². The normalized spacial score (nSPS) is 14.2. The summed E-state index contributed by atoms with van der Waals surface area (Å²) >= 11 is 0. The zero-order valence-electron chi connectivity index (χ0n) is 56.6. The number of phosphoric acid groups is 1. The van der Waals surface area contributed by atoms with Crippen LogP contribution < -0.4 is 0 Å². The molecule has 0 aromatic carbocycles. The van der Waals surface area contributed by atoms with E-state index in [0.29, 0.717) is 17.4 Å². The summed E-state index contributed by atoms with van der Waals surface area (Å²) < 4.78 is 34.7. The zero-order valence-corrected chi connectivity index (χ0v) is 57.5. The Balaban J connectivity index is 4.14. The minimum absolute atomic E-state index is 0.0179. The van der Waals surface area contributed by atoms with Crippen molar-refractivity contribution in [2.75, 3.05) is 47.5 Å². The maximum absolute atomic E-state index is 12.9. The molecule has 0 aliphatic carbocycles. The smallest absolute Gasteiger partial charge is 0.462 e. The molecule has 0 saturated carbocycles. The molecule has 88 heavy (non-hydrogen) atoms. The van der Waals surface area contributed by atoms with Gasteiger partial charge in [-0.1, -0.05) is 287 Å². The Morgan fingerprint density at radius 1 is 0.352 bits per heavy atom. The molecule has 0 heterocycles. The summed E-state index contributed by atoms with van der Waals surface area (Å²) in [5.41, 5.74) is 0. The molecule has 0 aromatic heterocycles. The molecule has 0 radical (unpaired) electrons. The summed E-state index contributed by atoms with van der Waals surface area (Å²) in [7, 11) is 1.44. The summed E-state index contributed by atoms with van der Waals surface area (Å²) in [5.74, 6) is -0.834. The number of hydrogen-bond acceptors (Lipinski definition) is 7. The topological polar surface area (TPSA) is 108 Å². The molecular weight excluding hydrogens is 1110 g/mol. The van der Waals surface area contributed by atoms with Gasteiger partial charge >= 0.3 is 19.8 Å². The Labute approximate surface area is 540 Å². The van der Waals surface area contributed by atoms with Gasteiger partial charge in [0, 0.05) is 12.8 Å². The molecule has 2 unspecified atom stereocenters. The van der Waals surface area contributed by atoms with Gasteiger partial charge in [0.25, 0.3) is 0 Å². The predicted octanol–water partition coefficient (Wildman–Crippen LogP) is 22.9. The number of nitrogens with zero attached hydrogens (tertiary/aromatic N) is 1. The number of ether oxygens (including phenoxy) is 2. The number of rotatable bonds is 62. The number of allylic oxidation sites excluding steroid dienone is 28. The summed E-state index contributed by atoms with van der Waals surface area (Å²) in [4.78, 5) is 35.9. The molecular formula is C78H129NO8P+. The minimum atomic E-state index is -4.41. The van der Waals surface area contributed by atoms with Gasteiger partial charge < -0.3 is 18.9 Å². The van der Waals surface area contributed by atoms with Crippen molar-refractivity contribution in [3.05, 3.63) is 170 Å². The lowest BCUT2D eigenvalue weighted by molar-refractivity contribution is -0.870. The van der Waals surface area contributed by atoms with Crippen molar-refractivity contribution < 1.29 is 42.1 Å². The highest BCUT2D eigenvalue weighted by molar-refractivity contribution is 7.47. The van der Waals surface area contributed by atoms with Crippen molar-refractivity contribution in [3.63, 3.8) is 0 Å². The molecule has 0 spiro atoms. The van der Waals surface area contributed by atoms with E-state index in [9.17, 15) is 19.0 Å². The fourth-order valence-electron chi connectivity index (χ4n) is 8.98. The number of carbonyl (C=O) groups excluding carboxylic acids is 2. The maximum Gasteiger partial charge on any atom is 0.472 e. The molecule has 0 rings (SSSR count). The molecule has 498 valence electrons. The highest BCUT2D eigenvalue weighted by Crippen LogP contribution is 2.43. The first-order chi connectivity index (χ1) is 43.0. The largest absolute Gasteiger partial charge is 0.472 e. The first kappa shape index (κ1) is 83.4. The number of likely N-dealkylation sites (N-methyl/N-ethyl adjacent to an activating group) is 1. The van der Waals surface area contributed by atoms with Gasteiger partial charge in [-0.15, -0.1) is 0 Å². The average Bonchev–Trinajstić information content (AvgIpc) is 3.68. The van der Waals surface area contributed by atoms with E-state index in [2.05, 4.69) is 184 Å². The molecule has 9 nitrogen and oxygen atoms in total. The number of esters is 2. The maximum atomic E-state index is 12.9. The van der Waals surface area contributed by atoms with Gasteiger partial charge in [-0.25, -0.2) is 4.57 Å². The molecule has 0 aromatic rings. The molecule has 0 bridgehead atoms. The Kier molecular flexibility index (Phi) is 63.3. The van der Waals surface area contributed by atoms with Crippen molar-refractivity contribution in [1.82, 2.24) is 0 Å². The van der Waals surface area contributed by atoms with Crippen molar-refractivity contribution in [2.24, 2.45) is 0 Å². The quantitative estimate of drug-likeness (QED) is 0.0211. The predicted molar refractivity (Wildman–Crippen MR) is 380 cm³/mol. The van der Waals surface area contributed by atoms with E-state index in [1.54, 1.807) is 0 Å². The van der Waals surface area contributed by atoms with Crippen molar-refractivity contribution in [2.45, 2.75) is 264 Å². The molecule has 10 heteroatoms. The summed E-state index contributed by atoms with van der Waals surface area (Å²) in [6.45, 7) is 4.17. The van der Waals surface area contributed by atoms with Crippen molar-refractivity contribution in [3.8, 4) is 0 Å². The Hall–Kier alpha value is -4.63. The van der Waals surface area contributed by atoms with Gasteiger partial charge in [-0.3, -0.25) is 18.6 Å². The standard InChI is InChI=1S/C78H128NO8P/c1-6-8-10-12-14-16-18-20-22-24-26-28-30-32-34-36-37-38-39-40-41-43-44-46-48-50-52-54-56-58-60-62-64-66-68-70-77(80)84-74-76(75-86-88(82,83)85-73-72-79(3,4)5)87-78(81)71-69-67-65-63-61-59-57-55-53-51-49-47-45-42-35-33-31-29-27-25-23-21-19-17-15-13-11-9-7-2/h8-11,14-17,20-23,26-29,32-35,37-38,45,47,51,53,57,59,76H,6-7,12-13,18-19,24-25,30-31,36,39-44,46,48-50,52,54-56,58,60-75H2,1-5H3/p+1/b10-8-,11-9-,16-14-,17-15-,22-20-,23-21-,28-26-,29-27-,34-32-,35-33-,38-37-,47-45-,53-51-,59-57-. The summed E-state index contributed by atoms with van der Waals surface area (Å²) in [5, 5.41) is 0. The zero-order chi connectivity index (χ0) is 64.1. The Morgan fingerprint density at radius 2 is 0.614 bits per heavy atom. The van der Waals surface area contributed by atoms with Crippen molar-refractivity contribution in [1.29, 1.82) is 0 Å². The second-order valence-corrected chi connectivity index (χ2v) is 25.3. The fourth-order valence-corrected chi connectivity index (χ4v) is 9.72. The first-order valence-corrected chi connectivity index (χ1v) is 36.4. The van der Waals surface area contributed by atoms with Crippen LogP contribution in [0.2, 0.25) is 0 Å². The van der Waals surface area contributed by atoms with Crippen LogP contribution in [0.15, 0.2) is 170 Å². The van der Waals surface area contributed by atoms with Crippen LogP contribution in [0, 0.1) is 0 Å². The average molecular weight is 1240 g/mol. The van der Waals surface area contributed by atoms with Crippen LogP contribution in [-0.4, -0.2) is 74.9 Å². The number of carbonyl (C=O) groups is 2. The Morgan fingerprint density at radius 3 is 0.909 bits per heavy atom. The monoisotopic (exact) mass is 1240 g/mol. The summed E-state index contributed by atoms with van der Waals surface area (Å²) in [6.07, 6.45) is 102. The van der Waals surface area contributed by atoms with E-state index < -0.39 is 26.5 Å². The van der Waals surface area contributed by atoms with E-state index in [0.717, 1.165) is 135 Å². The second-order valence-electron chi connectivity index (χ2n) is 23.8. The molecule has 0 aliphatic rings. The number of hydrogen-bond donors (Lipinski definition) is 1. The molecule has 2 atom stereocenters. The van der Waals surface area contributed by atoms with Crippen molar-refractivity contribution >= 4 is 19.8 Å². The molecule has 0 saturated heterocycles.